The number of para-hydroxylation sites is 1. The molecule has 0 heterocycles. The summed E-state index contributed by atoms with van der Waals surface area (Å²) in [6.07, 6.45) is -0.517. The van der Waals surface area contributed by atoms with Crippen molar-refractivity contribution in [2.45, 2.75) is 19.6 Å². The number of benzene rings is 2. The molecule has 21 heavy (non-hydrogen) atoms. The van der Waals surface area contributed by atoms with Crippen LogP contribution in [0.3, 0.4) is 0 Å². The molecule has 0 aliphatic heterocycles. The molecule has 110 valence electrons. The van der Waals surface area contributed by atoms with Gasteiger partial charge >= 0.3 is 0 Å². The van der Waals surface area contributed by atoms with Crippen molar-refractivity contribution in [1.29, 1.82) is 0 Å². The number of ether oxygens (including phenoxy) is 1. The quantitative estimate of drug-likeness (QED) is 0.829. The molecular weight excluding hydrogens is 264 g/mol. The lowest BCUT2D eigenvalue weighted by Crippen LogP contribution is -2.44. The largest absolute Gasteiger partial charge is 0.364 e. The molecule has 0 saturated carbocycles. The highest BCUT2D eigenvalue weighted by molar-refractivity contribution is 5.81. The van der Waals surface area contributed by atoms with E-state index in [0.29, 0.717) is 6.61 Å². The van der Waals surface area contributed by atoms with E-state index in [2.05, 4.69) is 5.43 Å². The van der Waals surface area contributed by atoms with Crippen LogP contribution in [-0.2, 0) is 16.1 Å². The van der Waals surface area contributed by atoms with E-state index in [9.17, 15) is 4.79 Å². The molecule has 0 bridgehead atoms. The molecule has 0 saturated heterocycles. The van der Waals surface area contributed by atoms with Crippen LogP contribution >= 0.6 is 0 Å². The normalized spacial score (nSPS) is 11.7. The third kappa shape index (κ3) is 4.61. The minimum Gasteiger partial charge on any atom is -0.364 e. The number of carbonyl (C=O) groups is 1. The highest BCUT2D eigenvalue weighted by Crippen LogP contribution is 2.09. The van der Waals surface area contributed by atoms with Crippen molar-refractivity contribution in [1.82, 2.24) is 5.43 Å². The first-order valence-corrected chi connectivity index (χ1v) is 6.91. The number of amides is 1. The molecule has 0 radical (unpaired) electrons. The Morgan fingerprint density at radius 3 is 2.29 bits per heavy atom. The number of nitrogens with zero attached hydrogens (tertiary/aromatic N) is 1. The second kappa shape index (κ2) is 7.45. The number of rotatable bonds is 6. The van der Waals surface area contributed by atoms with Crippen molar-refractivity contribution in [2.75, 3.05) is 12.1 Å². The second-order valence-corrected chi connectivity index (χ2v) is 4.81. The Morgan fingerprint density at radius 1 is 1.10 bits per heavy atom. The molecule has 0 aliphatic rings. The molecule has 2 aromatic carbocycles. The van der Waals surface area contributed by atoms with E-state index >= 15 is 0 Å². The molecule has 0 aromatic heterocycles. The molecule has 2 rings (SSSR count). The minimum atomic E-state index is -0.517. The average Bonchev–Trinajstić information content (AvgIpc) is 2.54. The van der Waals surface area contributed by atoms with E-state index in [1.54, 1.807) is 19.0 Å². The molecule has 2 aromatic rings. The van der Waals surface area contributed by atoms with Crippen molar-refractivity contribution in [3.8, 4) is 0 Å². The number of hydrogen-bond acceptors (Lipinski definition) is 3. The fraction of sp³-hybridized carbons (Fsp3) is 0.235. The summed E-state index contributed by atoms with van der Waals surface area (Å²) in [6.45, 7) is 2.17. The van der Waals surface area contributed by atoms with Crippen LogP contribution in [0, 0.1) is 0 Å². The maximum Gasteiger partial charge on any atom is 0.267 e. The van der Waals surface area contributed by atoms with Gasteiger partial charge in [-0.25, -0.2) is 0 Å². The molecule has 1 amide bonds. The van der Waals surface area contributed by atoms with E-state index in [1.807, 2.05) is 60.7 Å². The van der Waals surface area contributed by atoms with Gasteiger partial charge in [-0.05, 0) is 24.6 Å². The van der Waals surface area contributed by atoms with Gasteiger partial charge in [0, 0.05) is 7.05 Å². The molecule has 4 heteroatoms. The lowest BCUT2D eigenvalue weighted by molar-refractivity contribution is -0.132. The molecule has 0 unspecified atom stereocenters. The Labute approximate surface area is 125 Å². The van der Waals surface area contributed by atoms with Gasteiger partial charge in [0.05, 0.1) is 12.3 Å². The monoisotopic (exact) mass is 284 g/mol. The van der Waals surface area contributed by atoms with Gasteiger partial charge < -0.3 is 4.74 Å². The van der Waals surface area contributed by atoms with Crippen LogP contribution < -0.4 is 10.4 Å². The first-order valence-electron chi connectivity index (χ1n) is 6.91. The van der Waals surface area contributed by atoms with Gasteiger partial charge in [0.1, 0.15) is 6.10 Å². The summed E-state index contributed by atoms with van der Waals surface area (Å²) < 4.78 is 5.59. The maximum atomic E-state index is 12.1. The molecule has 0 spiro atoms. The van der Waals surface area contributed by atoms with Crippen LogP contribution in [0.4, 0.5) is 5.69 Å². The number of hydrogen-bond donors (Lipinski definition) is 1. The average molecular weight is 284 g/mol. The summed E-state index contributed by atoms with van der Waals surface area (Å²) in [5.41, 5.74) is 4.77. The van der Waals surface area contributed by atoms with Crippen LogP contribution in [0.15, 0.2) is 60.7 Å². The zero-order valence-corrected chi connectivity index (χ0v) is 12.3. The van der Waals surface area contributed by atoms with Crippen LogP contribution in [0.1, 0.15) is 12.5 Å². The predicted molar refractivity (Wildman–Crippen MR) is 83.7 cm³/mol. The van der Waals surface area contributed by atoms with Gasteiger partial charge in [0.25, 0.3) is 5.91 Å². The topological polar surface area (TPSA) is 41.6 Å². The van der Waals surface area contributed by atoms with Crippen LogP contribution in [0.25, 0.3) is 0 Å². The van der Waals surface area contributed by atoms with E-state index in [4.69, 9.17) is 4.74 Å². The number of hydrazine groups is 1. The molecule has 0 fully saturated rings. The lowest BCUT2D eigenvalue weighted by atomic mass is 10.2. The van der Waals surface area contributed by atoms with E-state index in [-0.39, 0.29) is 5.91 Å². The van der Waals surface area contributed by atoms with Crippen LogP contribution in [0.5, 0.6) is 0 Å². The standard InChI is InChI=1S/C17H20N2O2/c1-14(21-13-15-9-5-3-6-10-15)17(20)18-19(2)16-11-7-4-8-12-16/h3-12,14H,13H2,1-2H3,(H,18,20)/t14-/m1/s1. The highest BCUT2D eigenvalue weighted by atomic mass is 16.5. The summed E-state index contributed by atoms with van der Waals surface area (Å²) in [5.74, 6) is -0.169. The lowest BCUT2D eigenvalue weighted by Gasteiger charge is -2.22. The van der Waals surface area contributed by atoms with Gasteiger partial charge in [-0.3, -0.25) is 15.2 Å². The predicted octanol–water partition coefficient (Wildman–Crippen LogP) is 2.76. The second-order valence-electron chi connectivity index (χ2n) is 4.81. The van der Waals surface area contributed by atoms with Crippen molar-refractivity contribution in [3.05, 3.63) is 66.2 Å². The molecule has 1 atom stereocenters. The van der Waals surface area contributed by atoms with Crippen LogP contribution in [0.2, 0.25) is 0 Å². The summed E-state index contributed by atoms with van der Waals surface area (Å²) in [4.78, 5) is 12.1. The maximum absolute atomic E-state index is 12.1. The SMILES string of the molecule is C[C@@H](OCc1ccccc1)C(=O)NN(C)c1ccccc1. The molecule has 1 N–H and O–H groups in total. The van der Waals surface area contributed by atoms with Gasteiger partial charge in [-0.2, -0.15) is 0 Å². The zero-order valence-electron chi connectivity index (χ0n) is 12.3. The summed E-state index contributed by atoms with van der Waals surface area (Å²) >= 11 is 0. The number of carbonyl (C=O) groups excluding carboxylic acids is 1. The summed E-state index contributed by atoms with van der Waals surface area (Å²) in [5, 5.41) is 1.69. The first kappa shape index (κ1) is 15.1. The van der Waals surface area contributed by atoms with Crippen LogP contribution in [-0.4, -0.2) is 19.1 Å². The Kier molecular flexibility index (Phi) is 5.35. The van der Waals surface area contributed by atoms with Crippen molar-refractivity contribution < 1.29 is 9.53 Å². The Bertz CT molecular complexity index is 558. The number of nitrogens with one attached hydrogen (secondary N) is 1. The Hall–Kier alpha value is -2.33. The highest BCUT2D eigenvalue weighted by Gasteiger charge is 2.15. The van der Waals surface area contributed by atoms with E-state index < -0.39 is 6.10 Å². The van der Waals surface area contributed by atoms with Gasteiger partial charge in [-0.15, -0.1) is 0 Å². The van der Waals surface area contributed by atoms with Gasteiger partial charge in [0.2, 0.25) is 0 Å². The Balaban J connectivity index is 1.82. The van der Waals surface area contributed by atoms with Crippen molar-refractivity contribution in [3.63, 3.8) is 0 Å². The fourth-order valence-electron chi connectivity index (χ4n) is 1.84. The Morgan fingerprint density at radius 2 is 1.67 bits per heavy atom. The fourth-order valence-corrected chi connectivity index (χ4v) is 1.84. The third-order valence-electron chi connectivity index (χ3n) is 3.13. The molecule has 0 aliphatic carbocycles. The third-order valence-corrected chi connectivity index (χ3v) is 3.13. The van der Waals surface area contributed by atoms with E-state index in [0.717, 1.165) is 11.3 Å². The smallest absolute Gasteiger partial charge is 0.267 e. The van der Waals surface area contributed by atoms with Crippen molar-refractivity contribution in [2.24, 2.45) is 0 Å². The molecule has 4 nitrogen and oxygen atoms in total. The van der Waals surface area contributed by atoms with Crippen molar-refractivity contribution >= 4 is 11.6 Å². The molecular formula is C17H20N2O2. The first-order chi connectivity index (χ1) is 10.2. The van der Waals surface area contributed by atoms with E-state index in [1.165, 1.54) is 0 Å². The minimum absolute atomic E-state index is 0.169. The van der Waals surface area contributed by atoms with Gasteiger partial charge in [-0.1, -0.05) is 48.5 Å². The summed E-state index contributed by atoms with van der Waals surface area (Å²) in [6, 6.07) is 19.4. The number of anilines is 1. The zero-order chi connectivity index (χ0) is 15.1. The summed E-state index contributed by atoms with van der Waals surface area (Å²) in [7, 11) is 1.80. The van der Waals surface area contributed by atoms with Gasteiger partial charge in [0.15, 0.2) is 0 Å².